The normalized spacial score (nSPS) is 12.2. The number of hydrogen-bond donors (Lipinski definition) is 0. The van der Waals surface area contributed by atoms with Gasteiger partial charge < -0.3 is 8.83 Å². The fourth-order valence-electron chi connectivity index (χ4n) is 5.66. The minimum absolute atomic E-state index is 0.752. The zero-order valence-corrected chi connectivity index (χ0v) is 20.1. The van der Waals surface area contributed by atoms with E-state index in [1.165, 1.54) is 54.2 Å². The summed E-state index contributed by atoms with van der Waals surface area (Å²) in [7, 11) is 0. The lowest BCUT2D eigenvalue weighted by molar-refractivity contribution is 0.569. The molecule has 2 heteroatoms. The summed E-state index contributed by atoms with van der Waals surface area (Å²) in [6.45, 7) is 4.27. The summed E-state index contributed by atoms with van der Waals surface area (Å²) in [6.07, 6.45) is 0. The molecule has 0 aliphatic rings. The Bertz CT molecular complexity index is 2010. The average Bonchev–Trinajstić information content (AvgIpc) is 3.51. The first-order valence-corrected chi connectivity index (χ1v) is 12.3. The van der Waals surface area contributed by atoms with Crippen molar-refractivity contribution in [2.24, 2.45) is 0 Å². The van der Waals surface area contributed by atoms with Crippen molar-refractivity contribution in [1.82, 2.24) is 0 Å². The second kappa shape index (κ2) is 6.99. The van der Waals surface area contributed by atoms with Gasteiger partial charge in [-0.1, -0.05) is 59.7 Å². The molecule has 0 bridgehead atoms. The highest BCUT2D eigenvalue weighted by molar-refractivity contribution is 6.13. The predicted molar refractivity (Wildman–Crippen MR) is 151 cm³/mol. The SMILES string of the molecule is Cc1ccc2cc3c(ccc4oc(-c5cc6c(ccc7cc8cc(C)ccc8cc76)o5)cc43)cc2c1. The van der Waals surface area contributed by atoms with Gasteiger partial charge in [-0.25, -0.2) is 0 Å². The van der Waals surface area contributed by atoms with Gasteiger partial charge in [0.25, 0.3) is 0 Å². The quantitative estimate of drug-likeness (QED) is 0.227. The van der Waals surface area contributed by atoms with Crippen LogP contribution in [0.5, 0.6) is 0 Å². The van der Waals surface area contributed by atoms with Crippen molar-refractivity contribution in [1.29, 1.82) is 0 Å². The number of hydrogen-bond acceptors (Lipinski definition) is 2. The second-order valence-electron chi connectivity index (χ2n) is 10.0. The molecule has 0 radical (unpaired) electrons. The van der Waals surface area contributed by atoms with Gasteiger partial charge in [0, 0.05) is 10.8 Å². The summed E-state index contributed by atoms with van der Waals surface area (Å²) in [5, 5.41) is 12.0. The maximum Gasteiger partial charge on any atom is 0.170 e. The fraction of sp³-hybridized carbons (Fsp3) is 0.0588. The first-order chi connectivity index (χ1) is 17.6. The molecule has 0 saturated carbocycles. The van der Waals surface area contributed by atoms with Crippen LogP contribution in [-0.2, 0) is 0 Å². The van der Waals surface area contributed by atoms with Gasteiger partial charge in [-0.2, -0.15) is 0 Å². The summed E-state index contributed by atoms with van der Waals surface area (Å²) in [5.74, 6) is 1.50. The first-order valence-electron chi connectivity index (χ1n) is 12.3. The Morgan fingerprint density at radius 2 is 0.806 bits per heavy atom. The van der Waals surface area contributed by atoms with Crippen LogP contribution in [0, 0.1) is 13.8 Å². The molecule has 6 aromatic carbocycles. The molecule has 0 fully saturated rings. The molecule has 8 rings (SSSR count). The fourth-order valence-corrected chi connectivity index (χ4v) is 5.66. The molecule has 0 unspecified atom stereocenters. The van der Waals surface area contributed by atoms with Crippen LogP contribution in [-0.4, -0.2) is 0 Å². The molecule has 36 heavy (non-hydrogen) atoms. The lowest BCUT2D eigenvalue weighted by atomic mass is 9.99. The van der Waals surface area contributed by atoms with E-state index in [1.54, 1.807) is 0 Å². The summed E-state index contributed by atoms with van der Waals surface area (Å²) >= 11 is 0. The third-order valence-electron chi connectivity index (χ3n) is 7.50. The van der Waals surface area contributed by atoms with E-state index in [1.807, 2.05) is 0 Å². The van der Waals surface area contributed by atoms with Crippen LogP contribution in [0.3, 0.4) is 0 Å². The lowest BCUT2D eigenvalue weighted by Crippen LogP contribution is -1.79. The summed E-state index contributed by atoms with van der Waals surface area (Å²) in [4.78, 5) is 0. The molecular weight excluding hydrogens is 440 g/mol. The van der Waals surface area contributed by atoms with Crippen molar-refractivity contribution >= 4 is 65.0 Å². The van der Waals surface area contributed by atoms with Crippen molar-refractivity contribution in [2.45, 2.75) is 13.8 Å². The molecule has 0 atom stereocenters. The van der Waals surface area contributed by atoms with Crippen LogP contribution >= 0.6 is 0 Å². The minimum atomic E-state index is 0.752. The van der Waals surface area contributed by atoms with Crippen molar-refractivity contribution in [2.75, 3.05) is 0 Å². The van der Waals surface area contributed by atoms with Crippen molar-refractivity contribution in [3.8, 4) is 11.5 Å². The van der Waals surface area contributed by atoms with Gasteiger partial charge in [0.2, 0.25) is 0 Å². The van der Waals surface area contributed by atoms with Crippen LogP contribution in [0.15, 0.2) is 106 Å². The molecule has 0 amide bonds. The standard InChI is InChI=1S/C34H22O2/c1-19-3-5-21-15-27-23(13-25(21)11-19)7-9-31-29(27)17-33(35-31)34-18-30-28-16-22-6-4-20(2)12-26(22)14-24(28)8-10-32(30)36-34/h3-18H,1-2H3. The van der Waals surface area contributed by atoms with Gasteiger partial charge in [0.15, 0.2) is 11.5 Å². The molecule has 0 aliphatic carbocycles. The molecule has 170 valence electrons. The minimum Gasteiger partial charge on any atom is -0.453 e. The van der Waals surface area contributed by atoms with Gasteiger partial charge in [-0.3, -0.25) is 0 Å². The van der Waals surface area contributed by atoms with Crippen molar-refractivity contribution < 1.29 is 8.83 Å². The van der Waals surface area contributed by atoms with E-state index in [9.17, 15) is 0 Å². The Hall–Kier alpha value is -4.56. The third-order valence-corrected chi connectivity index (χ3v) is 7.50. The Morgan fingerprint density at radius 3 is 1.28 bits per heavy atom. The van der Waals surface area contributed by atoms with Crippen molar-refractivity contribution in [3.63, 3.8) is 0 Å². The Labute approximate surface area is 207 Å². The highest BCUT2D eigenvalue weighted by Crippen LogP contribution is 2.39. The van der Waals surface area contributed by atoms with Crippen molar-refractivity contribution in [3.05, 3.63) is 108 Å². The van der Waals surface area contributed by atoms with Gasteiger partial charge in [-0.15, -0.1) is 0 Å². The largest absolute Gasteiger partial charge is 0.453 e. The Morgan fingerprint density at radius 1 is 0.361 bits per heavy atom. The van der Waals surface area contributed by atoms with Crippen LogP contribution in [0.4, 0.5) is 0 Å². The van der Waals surface area contributed by atoms with E-state index in [0.717, 1.165) is 33.5 Å². The van der Waals surface area contributed by atoms with Crippen LogP contribution < -0.4 is 0 Å². The van der Waals surface area contributed by atoms with E-state index in [0.29, 0.717) is 0 Å². The monoisotopic (exact) mass is 462 g/mol. The molecule has 2 aromatic heterocycles. The molecule has 8 aromatic rings. The summed E-state index contributed by atoms with van der Waals surface area (Å²) < 4.78 is 12.6. The van der Waals surface area contributed by atoms with Gasteiger partial charge in [0.05, 0.1) is 0 Å². The molecule has 0 N–H and O–H groups in total. The first kappa shape index (κ1) is 19.7. The molecule has 0 aliphatic heterocycles. The van der Waals surface area contributed by atoms with Crippen LogP contribution in [0.1, 0.15) is 11.1 Å². The molecule has 0 spiro atoms. The van der Waals surface area contributed by atoms with E-state index in [4.69, 9.17) is 8.83 Å². The average molecular weight is 463 g/mol. The smallest absolute Gasteiger partial charge is 0.170 e. The topological polar surface area (TPSA) is 26.3 Å². The summed E-state index contributed by atoms with van der Waals surface area (Å²) in [6, 6.07) is 34.9. The van der Waals surface area contributed by atoms with E-state index in [-0.39, 0.29) is 0 Å². The maximum absolute atomic E-state index is 6.32. The number of furan rings is 2. The van der Waals surface area contributed by atoms with Gasteiger partial charge >= 0.3 is 0 Å². The molecule has 0 saturated heterocycles. The maximum atomic E-state index is 6.32. The Balaban J connectivity index is 1.33. The zero-order chi connectivity index (χ0) is 24.0. The van der Waals surface area contributed by atoms with Gasteiger partial charge in [0.1, 0.15) is 11.2 Å². The zero-order valence-electron chi connectivity index (χ0n) is 20.1. The number of fused-ring (bicyclic) bond motifs is 8. The van der Waals surface area contributed by atoms with Gasteiger partial charge in [-0.05, 0) is 105 Å². The van der Waals surface area contributed by atoms with E-state index in [2.05, 4.69) is 111 Å². The molecular formula is C34H22O2. The highest BCUT2D eigenvalue weighted by Gasteiger charge is 2.15. The van der Waals surface area contributed by atoms with E-state index >= 15 is 0 Å². The number of aryl methyl sites for hydroxylation is 2. The highest BCUT2D eigenvalue weighted by atomic mass is 16.4. The lowest BCUT2D eigenvalue weighted by Gasteiger charge is -2.04. The third kappa shape index (κ3) is 2.85. The number of benzene rings is 6. The van der Waals surface area contributed by atoms with Crippen LogP contribution in [0.25, 0.3) is 76.5 Å². The second-order valence-corrected chi connectivity index (χ2v) is 10.0. The van der Waals surface area contributed by atoms with Crippen LogP contribution in [0.2, 0.25) is 0 Å². The molecule has 2 heterocycles. The molecule has 2 nitrogen and oxygen atoms in total. The Kier molecular flexibility index (Phi) is 3.83. The van der Waals surface area contributed by atoms with E-state index < -0.39 is 0 Å². The number of rotatable bonds is 1. The predicted octanol–water partition coefficient (Wildman–Crippen LogP) is 10.1. The summed E-state index contributed by atoms with van der Waals surface area (Å²) in [5.41, 5.74) is 4.29.